The Bertz CT molecular complexity index is 421. The highest BCUT2D eigenvalue weighted by molar-refractivity contribution is 5.90. The average molecular weight is 243 g/mol. The van der Waals surface area contributed by atoms with Gasteiger partial charge in [0.2, 0.25) is 0 Å². The Kier molecular flexibility index (Phi) is 3.11. The molecule has 2 heterocycles. The molecule has 0 saturated carbocycles. The first kappa shape index (κ1) is 12.0. The fraction of sp³-hybridized carbons (Fsp3) is 0.556. The first-order valence-corrected chi connectivity index (χ1v) is 5.02. The van der Waals surface area contributed by atoms with Crippen LogP contribution < -0.4 is 5.73 Å². The third-order valence-corrected chi connectivity index (χ3v) is 2.64. The fourth-order valence-corrected chi connectivity index (χ4v) is 1.71. The number of hydrogen-bond donors (Lipinski definition) is 4. The lowest BCUT2D eigenvalue weighted by atomic mass is 10.1. The van der Waals surface area contributed by atoms with Crippen LogP contribution in [0, 0.1) is 0 Å². The molecule has 1 aromatic heterocycles. The highest BCUT2D eigenvalue weighted by atomic mass is 16.6. The van der Waals surface area contributed by atoms with Crippen LogP contribution in [0.5, 0.6) is 0 Å². The maximum Gasteiger partial charge on any atom is 0.269 e. The third-order valence-electron chi connectivity index (χ3n) is 2.64. The zero-order valence-corrected chi connectivity index (χ0v) is 8.80. The van der Waals surface area contributed by atoms with Crippen LogP contribution in [0.15, 0.2) is 12.3 Å². The summed E-state index contributed by atoms with van der Waals surface area (Å²) < 4.78 is 6.40. The summed E-state index contributed by atoms with van der Waals surface area (Å²) in [7, 11) is 0. The maximum absolute atomic E-state index is 10.8. The zero-order chi connectivity index (χ0) is 12.6. The quantitative estimate of drug-likeness (QED) is 0.468. The summed E-state index contributed by atoms with van der Waals surface area (Å²) in [6.45, 7) is -0.418. The molecule has 1 fully saturated rings. The van der Waals surface area contributed by atoms with E-state index < -0.39 is 37.1 Å². The molecule has 17 heavy (non-hydrogen) atoms. The van der Waals surface area contributed by atoms with Crippen molar-refractivity contribution in [2.45, 2.75) is 24.5 Å². The van der Waals surface area contributed by atoms with Crippen molar-refractivity contribution in [1.29, 1.82) is 0 Å². The molecule has 94 valence electrons. The van der Waals surface area contributed by atoms with Crippen molar-refractivity contribution in [3.05, 3.63) is 18.0 Å². The van der Waals surface area contributed by atoms with E-state index in [0.717, 1.165) is 0 Å². The van der Waals surface area contributed by atoms with Crippen molar-refractivity contribution >= 4 is 5.91 Å². The van der Waals surface area contributed by atoms with Gasteiger partial charge in [-0.25, -0.2) is 4.68 Å². The minimum Gasteiger partial charge on any atom is -0.394 e. The minimum absolute atomic E-state index is 0.0303. The van der Waals surface area contributed by atoms with Gasteiger partial charge >= 0.3 is 0 Å². The van der Waals surface area contributed by atoms with E-state index in [-0.39, 0.29) is 5.69 Å². The minimum atomic E-state index is -1.23. The molecule has 8 nitrogen and oxygen atoms in total. The lowest BCUT2D eigenvalue weighted by Gasteiger charge is -2.14. The third kappa shape index (κ3) is 2.03. The predicted octanol–water partition coefficient (Wildman–Crippen LogP) is -2.41. The lowest BCUT2D eigenvalue weighted by Crippen LogP contribution is -2.33. The van der Waals surface area contributed by atoms with Gasteiger partial charge in [-0.05, 0) is 6.07 Å². The standard InChI is InChI=1S/C9H13N3O5/c10-8(16)4-1-2-12(11-4)9-7(15)6(14)5(3-13)17-9/h1-2,5-7,9,13-15H,3H2,(H2,10,16)/t5-,6?,7+,9-/m1/s1. The van der Waals surface area contributed by atoms with Gasteiger partial charge in [0.25, 0.3) is 5.91 Å². The number of carbonyl (C=O) groups is 1. The fourth-order valence-electron chi connectivity index (χ4n) is 1.71. The molecule has 0 aromatic carbocycles. The van der Waals surface area contributed by atoms with E-state index in [2.05, 4.69) is 5.10 Å². The number of nitrogens with zero attached hydrogens (tertiary/aromatic N) is 2. The van der Waals surface area contributed by atoms with Gasteiger partial charge in [0.05, 0.1) is 6.61 Å². The molecule has 0 spiro atoms. The molecule has 8 heteroatoms. The van der Waals surface area contributed by atoms with Crippen molar-refractivity contribution in [1.82, 2.24) is 9.78 Å². The van der Waals surface area contributed by atoms with E-state index in [9.17, 15) is 15.0 Å². The van der Waals surface area contributed by atoms with E-state index in [1.807, 2.05) is 0 Å². The van der Waals surface area contributed by atoms with E-state index in [1.165, 1.54) is 16.9 Å². The summed E-state index contributed by atoms with van der Waals surface area (Å²) in [6.07, 6.45) is -2.86. The number of primary amides is 1. The molecule has 0 radical (unpaired) electrons. The smallest absolute Gasteiger partial charge is 0.269 e. The van der Waals surface area contributed by atoms with Gasteiger partial charge < -0.3 is 25.8 Å². The van der Waals surface area contributed by atoms with Gasteiger partial charge in [-0.3, -0.25) is 4.79 Å². The molecular weight excluding hydrogens is 230 g/mol. The molecule has 1 unspecified atom stereocenters. The van der Waals surface area contributed by atoms with E-state index in [4.69, 9.17) is 15.6 Å². The number of rotatable bonds is 3. The lowest BCUT2D eigenvalue weighted by molar-refractivity contribution is -0.0587. The number of carbonyl (C=O) groups excluding carboxylic acids is 1. The highest BCUT2D eigenvalue weighted by Gasteiger charge is 2.43. The van der Waals surface area contributed by atoms with Gasteiger partial charge in [-0.2, -0.15) is 5.10 Å². The largest absolute Gasteiger partial charge is 0.394 e. The van der Waals surface area contributed by atoms with Crippen LogP contribution in [-0.2, 0) is 4.74 Å². The first-order valence-electron chi connectivity index (χ1n) is 5.02. The number of aliphatic hydroxyl groups excluding tert-OH is 3. The molecule has 1 aliphatic rings. The van der Waals surface area contributed by atoms with Crippen LogP contribution >= 0.6 is 0 Å². The van der Waals surface area contributed by atoms with Crippen LogP contribution in [0.1, 0.15) is 16.7 Å². The van der Waals surface area contributed by atoms with E-state index >= 15 is 0 Å². The predicted molar refractivity (Wildman–Crippen MR) is 53.8 cm³/mol. The summed E-state index contributed by atoms with van der Waals surface area (Å²) in [5.41, 5.74) is 5.06. The summed E-state index contributed by atoms with van der Waals surface area (Å²) >= 11 is 0. The molecule has 1 amide bonds. The molecular formula is C9H13N3O5. The second-order valence-corrected chi connectivity index (χ2v) is 3.77. The van der Waals surface area contributed by atoms with E-state index in [0.29, 0.717) is 0 Å². The maximum atomic E-state index is 10.8. The van der Waals surface area contributed by atoms with Crippen molar-refractivity contribution in [2.75, 3.05) is 6.61 Å². The van der Waals surface area contributed by atoms with Crippen LogP contribution in [0.3, 0.4) is 0 Å². The molecule has 5 N–H and O–H groups in total. The monoisotopic (exact) mass is 243 g/mol. The SMILES string of the molecule is NC(=O)c1ccn([C@@H]2O[C@H](CO)C(O)[C@@H]2O)n1. The normalized spacial score (nSPS) is 32.9. The Morgan fingerprint density at radius 2 is 2.24 bits per heavy atom. The van der Waals surface area contributed by atoms with Gasteiger partial charge in [0.15, 0.2) is 6.23 Å². The molecule has 1 aromatic rings. The van der Waals surface area contributed by atoms with Crippen LogP contribution in [0.25, 0.3) is 0 Å². The Morgan fingerprint density at radius 1 is 1.53 bits per heavy atom. The van der Waals surface area contributed by atoms with Crippen molar-refractivity contribution in [3.63, 3.8) is 0 Å². The Labute approximate surface area is 96.2 Å². The van der Waals surface area contributed by atoms with E-state index in [1.54, 1.807) is 0 Å². The van der Waals surface area contributed by atoms with Crippen molar-refractivity contribution in [3.8, 4) is 0 Å². The topological polar surface area (TPSA) is 131 Å². The van der Waals surface area contributed by atoms with Crippen LogP contribution in [0.2, 0.25) is 0 Å². The molecule has 0 bridgehead atoms. The summed E-state index contributed by atoms with van der Waals surface area (Å²) in [6, 6.07) is 1.37. The van der Waals surface area contributed by atoms with Gasteiger partial charge in [0.1, 0.15) is 24.0 Å². The second-order valence-electron chi connectivity index (χ2n) is 3.77. The number of aliphatic hydroxyl groups is 3. The number of nitrogens with two attached hydrogens (primary N) is 1. The van der Waals surface area contributed by atoms with Crippen molar-refractivity contribution in [2.24, 2.45) is 5.73 Å². The summed E-state index contributed by atoms with van der Waals surface area (Å²) in [5, 5.41) is 32.0. The Balaban J connectivity index is 2.19. The zero-order valence-electron chi connectivity index (χ0n) is 8.80. The Hall–Kier alpha value is -1.48. The van der Waals surface area contributed by atoms with Gasteiger partial charge in [-0.1, -0.05) is 0 Å². The molecule has 2 rings (SSSR count). The van der Waals surface area contributed by atoms with Crippen molar-refractivity contribution < 1.29 is 24.9 Å². The average Bonchev–Trinajstić information content (AvgIpc) is 2.87. The summed E-state index contributed by atoms with van der Waals surface area (Å²) in [5.74, 6) is -0.699. The highest BCUT2D eigenvalue weighted by Crippen LogP contribution is 2.28. The molecule has 4 atom stereocenters. The molecule has 1 saturated heterocycles. The summed E-state index contributed by atoms with van der Waals surface area (Å²) in [4.78, 5) is 10.8. The number of amides is 1. The number of ether oxygens (including phenoxy) is 1. The Morgan fingerprint density at radius 3 is 2.71 bits per heavy atom. The first-order chi connectivity index (χ1) is 8.04. The van der Waals surface area contributed by atoms with Gasteiger partial charge in [-0.15, -0.1) is 0 Å². The number of aromatic nitrogens is 2. The number of hydrogen-bond acceptors (Lipinski definition) is 6. The molecule has 0 aliphatic carbocycles. The van der Waals surface area contributed by atoms with Crippen LogP contribution in [0.4, 0.5) is 0 Å². The van der Waals surface area contributed by atoms with Gasteiger partial charge in [0, 0.05) is 6.20 Å². The second kappa shape index (κ2) is 4.41. The van der Waals surface area contributed by atoms with Crippen LogP contribution in [-0.4, -0.2) is 55.9 Å². The molecule has 1 aliphatic heterocycles.